The van der Waals surface area contributed by atoms with Crippen LogP contribution in [0, 0.1) is 5.92 Å². The lowest BCUT2D eigenvalue weighted by Crippen LogP contribution is -2.29. The molecule has 4 nitrogen and oxygen atoms in total. The summed E-state index contributed by atoms with van der Waals surface area (Å²) in [6.45, 7) is 0.580. The molecule has 1 fully saturated rings. The molecule has 0 radical (unpaired) electrons. The highest BCUT2D eigenvalue weighted by Gasteiger charge is 2.32. The number of hydrogen-bond acceptors (Lipinski definition) is 3. The Morgan fingerprint density at radius 2 is 2.20 bits per heavy atom. The van der Waals surface area contributed by atoms with Gasteiger partial charge in [0.05, 0.1) is 11.3 Å². The Bertz CT molecular complexity index is 548. The van der Waals surface area contributed by atoms with Crippen LogP contribution in [0.15, 0.2) is 18.2 Å². The number of carbonyl (C=O) groups excluding carboxylic acids is 2. The first-order valence-electron chi connectivity index (χ1n) is 6.36. The molecule has 0 bridgehead atoms. The fourth-order valence-electron chi connectivity index (χ4n) is 2.29. The van der Waals surface area contributed by atoms with E-state index in [4.69, 9.17) is 11.6 Å². The summed E-state index contributed by atoms with van der Waals surface area (Å²) in [6.07, 6.45) is 0.464. The predicted molar refractivity (Wildman–Crippen MR) is 83.8 cm³/mol. The third-order valence-electron chi connectivity index (χ3n) is 3.35. The van der Waals surface area contributed by atoms with Crippen LogP contribution < -0.4 is 4.90 Å². The van der Waals surface area contributed by atoms with Crippen molar-refractivity contribution in [1.82, 2.24) is 4.90 Å². The van der Waals surface area contributed by atoms with E-state index in [2.05, 4.69) is 12.6 Å². The van der Waals surface area contributed by atoms with E-state index in [1.54, 1.807) is 37.2 Å². The maximum atomic E-state index is 12.2. The van der Waals surface area contributed by atoms with Gasteiger partial charge < -0.3 is 9.80 Å². The number of rotatable bonds is 3. The van der Waals surface area contributed by atoms with E-state index < -0.39 is 0 Å². The molecule has 1 aromatic carbocycles. The molecular formula is C14H17ClN2O2S. The van der Waals surface area contributed by atoms with E-state index in [1.165, 1.54) is 4.90 Å². The maximum absolute atomic E-state index is 12.2. The Morgan fingerprint density at radius 3 is 2.75 bits per heavy atom. The Kier molecular flexibility index (Phi) is 4.60. The molecule has 1 unspecified atom stereocenters. The molecule has 0 spiro atoms. The van der Waals surface area contributed by atoms with E-state index in [1.807, 2.05) is 0 Å². The van der Waals surface area contributed by atoms with Crippen molar-refractivity contribution in [2.24, 2.45) is 5.92 Å². The maximum Gasteiger partial charge on any atom is 0.255 e. The number of amides is 2. The van der Waals surface area contributed by atoms with E-state index in [0.717, 1.165) is 0 Å². The second-order valence-electron chi connectivity index (χ2n) is 5.12. The quantitative estimate of drug-likeness (QED) is 0.870. The smallest absolute Gasteiger partial charge is 0.255 e. The average molecular weight is 313 g/mol. The fourth-order valence-corrected chi connectivity index (χ4v) is 2.70. The molecular weight excluding hydrogens is 296 g/mol. The van der Waals surface area contributed by atoms with Crippen LogP contribution in [0.1, 0.15) is 16.8 Å². The minimum absolute atomic E-state index is 0.0131. The lowest BCUT2D eigenvalue weighted by Gasteiger charge is -2.22. The lowest BCUT2D eigenvalue weighted by molar-refractivity contribution is -0.117. The SMILES string of the molecule is CN(C)C(=O)c1ccc(Cl)cc1N1CC(CS)CC1=O. The molecule has 0 N–H and O–H groups in total. The zero-order valence-electron chi connectivity index (χ0n) is 11.5. The summed E-state index contributed by atoms with van der Waals surface area (Å²) in [5.74, 6) is 0.741. The van der Waals surface area contributed by atoms with Gasteiger partial charge in [-0.25, -0.2) is 0 Å². The van der Waals surface area contributed by atoms with Crippen molar-refractivity contribution in [3.8, 4) is 0 Å². The summed E-state index contributed by atoms with van der Waals surface area (Å²) in [6, 6.07) is 5.01. The molecule has 1 atom stereocenters. The number of hydrogen-bond donors (Lipinski definition) is 1. The highest BCUT2D eigenvalue weighted by molar-refractivity contribution is 7.80. The van der Waals surface area contributed by atoms with Gasteiger partial charge in [-0.2, -0.15) is 12.6 Å². The van der Waals surface area contributed by atoms with Gasteiger partial charge in [0.15, 0.2) is 0 Å². The van der Waals surface area contributed by atoms with Gasteiger partial charge in [-0.1, -0.05) is 11.6 Å². The second-order valence-corrected chi connectivity index (χ2v) is 5.92. The van der Waals surface area contributed by atoms with Gasteiger partial charge in [0.1, 0.15) is 0 Å². The number of anilines is 1. The number of thiol groups is 1. The third kappa shape index (κ3) is 2.94. The highest BCUT2D eigenvalue weighted by atomic mass is 35.5. The summed E-state index contributed by atoms with van der Waals surface area (Å²) in [7, 11) is 3.37. The minimum atomic E-state index is -0.140. The monoisotopic (exact) mass is 312 g/mol. The summed E-state index contributed by atoms with van der Waals surface area (Å²) < 4.78 is 0. The molecule has 0 saturated carbocycles. The Labute approximate surface area is 129 Å². The zero-order valence-corrected chi connectivity index (χ0v) is 13.1. The minimum Gasteiger partial charge on any atom is -0.345 e. The predicted octanol–water partition coefficient (Wildman–Crippen LogP) is 2.32. The summed E-state index contributed by atoms with van der Waals surface area (Å²) >= 11 is 10.3. The molecule has 1 aromatic rings. The molecule has 0 aromatic heterocycles. The number of halogens is 1. The topological polar surface area (TPSA) is 40.6 Å². The van der Waals surface area contributed by atoms with E-state index >= 15 is 0 Å². The van der Waals surface area contributed by atoms with Gasteiger partial charge in [-0.05, 0) is 29.9 Å². The van der Waals surface area contributed by atoms with Gasteiger partial charge in [-0.3, -0.25) is 9.59 Å². The average Bonchev–Trinajstić information content (AvgIpc) is 2.79. The van der Waals surface area contributed by atoms with Gasteiger partial charge >= 0.3 is 0 Å². The van der Waals surface area contributed by atoms with Crippen LogP contribution in [-0.2, 0) is 4.79 Å². The van der Waals surface area contributed by atoms with Gasteiger partial charge in [0.25, 0.3) is 5.91 Å². The van der Waals surface area contributed by atoms with Crippen molar-refractivity contribution in [2.75, 3.05) is 31.3 Å². The molecule has 1 heterocycles. The van der Waals surface area contributed by atoms with Gasteiger partial charge in [0.2, 0.25) is 5.91 Å². The normalized spacial score (nSPS) is 18.5. The Hall–Kier alpha value is -1.20. The van der Waals surface area contributed by atoms with Crippen LogP contribution in [0.2, 0.25) is 5.02 Å². The summed E-state index contributed by atoms with van der Waals surface area (Å²) in [5, 5.41) is 0.512. The summed E-state index contributed by atoms with van der Waals surface area (Å²) in [5.41, 5.74) is 1.08. The van der Waals surface area contributed by atoms with Crippen LogP contribution in [0.4, 0.5) is 5.69 Å². The fraction of sp³-hybridized carbons (Fsp3) is 0.429. The van der Waals surface area contributed by atoms with Crippen LogP contribution in [-0.4, -0.2) is 43.1 Å². The standard InChI is InChI=1S/C14H17ClN2O2S/c1-16(2)14(19)11-4-3-10(15)6-12(11)17-7-9(8-20)5-13(17)18/h3-4,6,9,20H,5,7-8H2,1-2H3. The first kappa shape index (κ1) is 15.2. The molecule has 108 valence electrons. The molecule has 20 heavy (non-hydrogen) atoms. The van der Waals surface area contributed by atoms with Gasteiger partial charge in [-0.15, -0.1) is 0 Å². The van der Waals surface area contributed by atoms with Crippen LogP contribution in [0.3, 0.4) is 0 Å². The summed E-state index contributed by atoms with van der Waals surface area (Å²) in [4.78, 5) is 27.5. The highest BCUT2D eigenvalue weighted by Crippen LogP contribution is 2.31. The first-order chi connectivity index (χ1) is 9.43. The first-order valence-corrected chi connectivity index (χ1v) is 7.37. The van der Waals surface area contributed by atoms with Crippen LogP contribution >= 0.6 is 24.2 Å². The molecule has 2 rings (SSSR count). The Morgan fingerprint density at radius 1 is 1.50 bits per heavy atom. The van der Waals surface area contributed by atoms with Gasteiger partial charge in [0, 0.05) is 32.1 Å². The Balaban J connectivity index is 2.42. The molecule has 1 aliphatic heterocycles. The number of nitrogens with zero attached hydrogens (tertiary/aromatic N) is 2. The second kappa shape index (κ2) is 6.06. The van der Waals surface area contributed by atoms with Crippen molar-refractivity contribution in [1.29, 1.82) is 0 Å². The van der Waals surface area contributed by atoms with E-state index in [-0.39, 0.29) is 17.7 Å². The lowest BCUT2D eigenvalue weighted by atomic mass is 10.1. The molecule has 6 heteroatoms. The van der Waals surface area contributed by atoms with Crippen molar-refractivity contribution in [2.45, 2.75) is 6.42 Å². The molecule has 0 aliphatic carbocycles. The molecule has 1 saturated heterocycles. The van der Waals surface area contributed by atoms with E-state index in [0.29, 0.717) is 35.0 Å². The van der Waals surface area contributed by atoms with E-state index in [9.17, 15) is 9.59 Å². The molecule has 1 aliphatic rings. The van der Waals surface area contributed by atoms with Crippen molar-refractivity contribution in [3.05, 3.63) is 28.8 Å². The third-order valence-corrected chi connectivity index (χ3v) is 4.10. The van der Waals surface area contributed by atoms with Crippen LogP contribution in [0.25, 0.3) is 0 Å². The van der Waals surface area contributed by atoms with Crippen molar-refractivity contribution < 1.29 is 9.59 Å². The number of benzene rings is 1. The number of carbonyl (C=O) groups is 2. The molecule has 2 amide bonds. The van der Waals surface area contributed by atoms with Crippen molar-refractivity contribution in [3.63, 3.8) is 0 Å². The largest absolute Gasteiger partial charge is 0.345 e. The van der Waals surface area contributed by atoms with Crippen molar-refractivity contribution >= 4 is 41.7 Å². The zero-order chi connectivity index (χ0) is 14.9. The van der Waals surface area contributed by atoms with Crippen LogP contribution in [0.5, 0.6) is 0 Å².